The Balaban J connectivity index is 2.95. The first kappa shape index (κ1) is 6.02. The van der Waals surface area contributed by atoms with Crippen LogP contribution in [-0.2, 0) is 0 Å². The third-order valence-electron chi connectivity index (χ3n) is 1.20. The number of H-pyrrole nitrogens is 1. The molecule has 2 aromatic rings. The van der Waals surface area contributed by atoms with E-state index >= 15 is 0 Å². The molecule has 0 spiro atoms. The molecule has 2 rings (SSSR count). The Morgan fingerprint density at radius 2 is 2.40 bits per heavy atom. The highest BCUT2D eigenvalue weighted by Crippen LogP contribution is 2.11. The van der Waals surface area contributed by atoms with Gasteiger partial charge >= 0.3 is 0 Å². The highest BCUT2D eigenvalue weighted by Gasteiger charge is 1.99. The van der Waals surface area contributed by atoms with Crippen molar-refractivity contribution < 1.29 is 0 Å². The van der Waals surface area contributed by atoms with E-state index in [9.17, 15) is 0 Å². The lowest BCUT2D eigenvalue weighted by molar-refractivity contribution is 1.02. The Morgan fingerprint density at radius 1 is 1.50 bits per heavy atom. The van der Waals surface area contributed by atoms with Crippen LogP contribution < -0.4 is 0 Å². The van der Waals surface area contributed by atoms with E-state index in [0.29, 0.717) is 0 Å². The molecule has 0 radical (unpaired) electrons. The molecule has 2 aromatic heterocycles. The first-order valence-corrected chi connectivity index (χ1v) is 3.76. The second-order valence-electron chi connectivity index (χ2n) is 1.80. The Labute approximate surface area is 70.2 Å². The van der Waals surface area contributed by atoms with Gasteiger partial charge in [0.15, 0.2) is 0 Å². The van der Waals surface area contributed by atoms with Crippen molar-refractivity contribution >= 4 is 33.6 Å². The van der Waals surface area contributed by atoms with Crippen LogP contribution in [0.2, 0.25) is 0 Å². The number of hydrogen-bond donors (Lipinski definition) is 1. The maximum atomic E-state index is 4.02. The highest BCUT2D eigenvalue weighted by molar-refractivity contribution is 14.1. The minimum absolute atomic E-state index is 0.854. The largest absolute Gasteiger partial charge is 0.342 e. The summed E-state index contributed by atoms with van der Waals surface area (Å²) in [6, 6.07) is 0. The smallest absolute Gasteiger partial charge is 0.149 e. The van der Waals surface area contributed by atoms with Gasteiger partial charge in [0, 0.05) is 0 Å². The average Bonchev–Trinajstić information content (AvgIpc) is 2.36. The van der Waals surface area contributed by atoms with Crippen molar-refractivity contribution in [3.63, 3.8) is 0 Å². The second-order valence-corrected chi connectivity index (χ2v) is 2.82. The van der Waals surface area contributed by atoms with Crippen molar-refractivity contribution in [2.75, 3.05) is 0 Å². The van der Waals surface area contributed by atoms with Crippen LogP contribution in [0.15, 0.2) is 12.5 Å². The van der Waals surface area contributed by atoms with Crippen LogP contribution >= 0.6 is 22.6 Å². The Kier molecular flexibility index (Phi) is 1.30. The maximum Gasteiger partial charge on any atom is 0.149 e. The predicted octanol–water partition coefficient (Wildman–Crippen LogP) is 0.957. The van der Waals surface area contributed by atoms with Crippen LogP contribution in [0, 0.1) is 3.70 Å². The minimum Gasteiger partial charge on any atom is -0.342 e. The van der Waals surface area contributed by atoms with Crippen LogP contribution in [-0.4, -0.2) is 20.2 Å². The van der Waals surface area contributed by atoms with Gasteiger partial charge in [0.05, 0.1) is 12.5 Å². The lowest BCUT2D eigenvalue weighted by atomic mass is 10.5. The van der Waals surface area contributed by atoms with E-state index in [0.717, 1.165) is 14.7 Å². The summed E-state index contributed by atoms with van der Waals surface area (Å²) in [5, 5.41) is 7.59. The molecule has 0 fully saturated rings. The van der Waals surface area contributed by atoms with E-state index in [1.165, 1.54) is 0 Å². The molecule has 0 aliphatic rings. The monoisotopic (exact) mass is 246 g/mol. The van der Waals surface area contributed by atoms with Gasteiger partial charge in [-0.1, -0.05) is 0 Å². The van der Waals surface area contributed by atoms with Gasteiger partial charge in [-0.2, -0.15) is 5.10 Å². The lowest BCUT2D eigenvalue weighted by Crippen LogP contribution is -1.85. The number of rotatable bonds is 0. The summed E-state index contributed by atoms with van der Waals surface area (Å²) in [5.41, 5.74) is 1.81. The zero-order valence-corrected chi connectivity index (χ0v) is 7.03. The topological polar surface area (TPSA) is 54.5 Å². The van der Waals surface area contributed by atoms with Gasteiger partial charge in [0.1, 0.15) is 14.7 Å². The normalized spacial score (nSPS) is 10.5. The van der Waals surface area contributed by atoms with Crippen LogP contribution in [0.3, 0.4) is 0 Å². The Bertz CT molecular complexity index is 355. The van der Waals surface area contributed by atoms with Crippen LogP contribution in [0.25, 0.3) is 11.0 Å². The summed E-state index contributed by atoms with van der Waals surface area (Å²) in [6.45, 7) is 0. The minimum atomic E-state index is 0.854. The number of nitrogens with zero attached hydrogens (tertiary/aromatic N) is 3. The second kappa shape index (κ2) is 2.15. The molecule has 0 saturated heterocycles. The molecule has 1 N–H and O–H groups in total. The quantitative estimate of drug-likeness (QED) is 0.704. The fourth-order valence-corrected chi connectivity index (χ4v) is 1.31. The van der Waals surface area contributed by atoms with Crippen molar-refractivity contribution in [2.45, 2.75) is 0 Å². The molecule has 4 nitrogen and oxygen atoms in total. The molecular weight excluding hydrogens is 243 g/mol. The fraction of sp³-hybridized carbons (Fsp3) is 0. The highest BCUT2D eigenvalue weighted by atomic mass is 127. The average molecular weight is 246 g/mol. The lowest BCUT2D eigenvalue weighted by Gasteiger charge is -1.86. The first-order valence-electron chi connectivity index (χ1n) is 2.68. The summed E-state index contributed by atoms with van der Waals surface area (Å²) in [7, 11) is 0. The maximum absolute atomic E-state index is 4.02. The van der Waals surface area contributed by atoms with Gasteiger partial charge in [-0.15, -0.1) is 5.10 Å². The van der Waals surface area contributed by atoms with E-state index < -0.39 is 0 Å². The third-order valence-corrected chi connectivity index (χ3v) is 1.96. The summed E-state index contributed by atoms with van der Waals surface area (Å²) in [5.74, 6) is 0. The number of halogens is 1. The summed E-state index contributed by atoms with van der Waals surface area (Å²) < 4.78 is 0.854. The fourth-order valence-electron chi connectivity index (χ4n) is 0.752. The van der Waals surface area contributed by atoms with Gasteiger partial charge in [-0.3, -0.25) is 0 Å². The SMILES string of the molecule is Ic1nncc2nc[nH]c12. The van der Waals surface area contributed by atoms with E-state index in [1.807, 2.05) is 0 Å². The van der Waals surface area contributed by atoms with Crippen molar-refractivity contribution in [1.29, 1.82) is 0 Å². The number of fused-ring (bicyclic) bond motifs is 1. The molecule has 0 atom stereocenters. The number of nitrogens with one attached hydrogen (secondary N) is 1. The van der Waals surface area contributed by atoms with Crippen molar-refractivity contribution in [1.82, 2.24) is 20.2 Å². The van der Waals surface area contributed by atoms with E-state index in [1.54, 1.807) is 12.5 Å². The molecule has 5 heteroatoms. The zero-order chi connectivity index (χ0) is 6.97. The molecule has 0 saturated carbocycles. The number of imidazole rings is 1. The summed E-state index contributed by atoms with van der Waals surface area (Å²) in [4.78, 5) is 6.98. The van der Waals surface area contributed by atoms with Gasteiger partial charge in [-0.25, -0.2) is 4.98 Å². The molecule has 0 amide bonds. The molecule has 2 heterocycles. The molecular formula is C5H3IN4. The summed E-state index contributed by atoms with van der Waals surface area (Å²) >= 11 is 2.11. The van der Waals surface area contributed by atoms with Crippen LogP contribution in [0.1, 0.15) is 0 Å². The first-order chi connectivity index (χ1) is 4.88. The molecule has 50 valence electrons. The van der Waals surface area contributed by atoms with E-state index in [2.05, 4.69) is 42.8 Å². The molecule has 0 aromatic carbocycles. The number of hydrogen-bond acceptors (Lipinski definition) is 3. The Hall–Kier alpha value is -0.720. The molecule has 10 heavy (non-hydrogen) atoms. The number of aromatic amines is 1. The van der Waals surface area contributed by atoms with Gasteiger partial charge < -0.3 is 4.98 Å². The van der Waals surface area contributed by atoms with E-state index in [4.69, 9.17) is 0 Å². The van der Waals surface area contributed by atoms with Gasteiger partial charge in [0.2, 0.25) is 0 Å². The van der Waals surface area contributed by atoms with Crippen LogP contribution in [0.4, 0.5) is 0 Å². The molecule has 0 unspecified atom stereocenters. The van der Waals surface area contributed by atoms with Gasteiger partial charge in [-0.05, 0) is 22.6 Å². The molecule has 0 bridgehead atoms. The van der Waals surface area contributed by atoms with Gasteiger partial charge in [0.25, 0.3) is 0 Å². The van der Waals surface area contributed by atoms with E-state index in [-0.39, 0.29) is 0 Å². The zero-order valence-electron chi connectivity index (χ0n) is 4.87. The Morgan fingerprint density at radius 3 is 3.20 bits per heavy atom. The van der Waals surface area contributed by atoms with Crippen molar-refractivity contribution in [3.05, 3.63) is 16.2 Å². The molecule has 0 aliphatic carbocycles. The standard InChI is InChI=1S/C5H3IN4/c6-5-4-3(1-9-10-5)7-2-8-4/h1-2H,(H,7,8). The van der Waals surface area contributed by atoms with Crippen LogP contribution in [0.5, 0.6) is 0 Å². The molecule has 0 aliphatic heterocycles. The van der Waals surface area contributed by atoms with Crippen molar-refractivity contribution in [2.24, 2.45) is 0 Å². The predicted molar refractivity (Wildman–Crippen MR) is 44.4 cm³/mol. The summed E-state index contributed by atoms with van der Waals surface area (Å²) in [6.07, 6.45) is 3.27. The van der Waals surface area contributed by atoms with Crippen molar-refractivity contribution in [3.8, 4) is 0 Å². The number of aromatic nitrogens is 4. The third kappa shape index (κ3) is 0.772.